The van der Waals surface area contributed by atoms with E-state index >= 15 is 0 Å². The highest BCUT2D eigenvalue weighted by molar-refractivity contribution is 9.10. The molecule has 0 spiro atoms. The highest BCUT2D eigenvalue weighted by Crippen LogP contribution is 2.28. The maximum absolute atomic E-state index is 4.66. The Kier molecular flexibility index (Phi) is 3.41. The second-order valence-corrected chi connectivity index (χ2v) is 6.82. The van der Waals surface area contributed by atoms with Crippen molar-refractivity contribution in [3.05, 3.63) is 39.9 Å². The fraction of sp³-hybridized carbons (Fsp3) is 0.286. The molecule has 0 aliphatic heterocycles. The van der Waals surface area contributed by atoms with Gasteiger partial charge >= 0.3 is 0 Å². The van der Waals surface area contributed by atoms with Gasteiger partial charge in [0, 0.05) is 16.5 Å². The normalized spacial score (nSPS) is 11.6. The summed E-state index contributed by atoms with van der Waals surface area (Å²) in [5, 5.41) is 5.74. The summed E-state index contributed by atoms with van der Waals surface area (Å²) in [6, 6.07) is 8.11. The molecule has 0 aliphatic rings. The van der Waals surface area contributed by atoms with Crippen LogP contribution in [0.1, 0.15) is 18.9 Å². The van der Waals surface area contributed by atoms with Gasteiger partial charge in [-0.3, -0.25) is 0 Å². The van der Waals surface area contributed by atoms with Crippen LogP contribution >= 0.6 is 27.3 Å². The number of nitrogens with zero attached hydrogens (tertiary/aromatic N) is 3. The maximum Gasteiger partial charge on any atom is 0.212 e. The van der Waals surface area contributed by atoms with Crippen molar-refractivity contribution in [2.24, 2.45) is 5.92 Å². The second kappa shape index (κ2) is 5.06. The molecule has 2 heterocycles. The highest BCUT2D eigenvalue weighted by Gasteiger charge is 2.11. The molecule has 98 valence electrons. The van der Waals surface area contributed by atoms with E-state index in [4.69, 9.17) is 0 Å². The van der Waals surface area contributed by atoms with Crippen LogP contribution in [0.15, 0.2) is 34.9 Å². The number of halogens is 1. The fourth-order valence-electron chi connectivity index (χ4n) is 1.97. The van der Waals surface area contributed by atoms with E-state index in [1.54, 1.807) is 11.3 Å². The average Bonchev–Trinajstić information content (AvgIpc) is 2.86. The zero-order valence-corrected chi connectivity index (χ0v) is 13.2. The van der Waals surface area contributed by atoms with Gasteiger partial charge in [-0.25, -0.2) is 9.50 Å². The summed E-state index contributed by atoms with van der Waals surface area (Å²) in [4.78, 5) is 5.62. The zero-order chi connectivity index (χ0) is 13.4. The average molecular weight is 336 g/mol. The zero-order valence-electron chi connectivity index (χ0n) is 10.8. The van der Waals surface area contributed by atoms with Gasteiger partial charge in [-0.1, -0.05) is 59.3 Å². The van der Waals surface area contributed by atoms with Gasteiger partial charge in [0.1, 0.15) is 5.01 Å². The van der Waals surface area contributed by atoms with Crippen molar-refractivity contribution in [2.45, 2.75) is 20.3 Å². The summed E-state index contributed by atoms with van der Waals surface area (Å²) in [5.41, 5.74) is 2.06. The van der Waals surface area contributed by atoms with Crippen LogP contribution in [0.5, 0.6) is 0 Å². The van der Waals surface area contributed by atoms with Gasteiger partial charge in [-0.05, 0) is 12.0 Å². The quantitative estimate of drug-likeness (QED) is 0.709. The van der Waals surface area contributed by atoms with Crippen molar-refractivity contribution in [3.8, 4) is 11.3 Å². The van der Waals surface area contributed by atoms with E-state index in [1.165, 1.54) is 0 Å². The molecule has 0 atom stereocenters. The molecule has 0 bridgehead atoms. The van der Waals surface area contributed by atoms with Gasteiger partial charge < -0.3 is 0 Å². The van der Waals surface area contributed by atoms with Crippen molar-refractivity contribution >= 4 is 32.2 Å². The van der Waals surface area contributed by atoms with Crippen LogP contribution in [-0.4, -0.2) is 14.6 Å². The first-order valence-corrected chi connectivity index (χ1v) is 7.84. The fourth-order valence-corrected chi connectivity index (χ4v) is 3.55. The smallest absolute Gasteiger partial charge is 0.212 e. The summed E-state index contributed by atoms with van der Waals surface area (Å²) >= 11 is 5.23. The van der Waals surface area contributed by atoms with E-state index in [2.05, 4.69) is 45.9 Å². The molecule has 5 heteroatoms. The SMILES string of the molecule is CC(C)Cc1nn2cc(-c3ccccc3Br)nc2s1. The van der Waals surface area contributed by atoms with Gasteiger partial charge in [0.15, 0.2) is 0 Å². The van der Waals surface area contributed by atoms with Crippen LogP contribution in [0.25, 0.3) is 16.2 Å². The lowest BCUT2D eigenvalue weighted by Crippen LogP contribution is -1.94. The molecule has 0 saturated carbocycles. The first-order valence-electron chi connectivity index (χ1n) is 6.23. The molecule has 3 nitrogen and oxygen atoms in total. The molecule has 0 fully saturated rings. The Morgan fingerprint density at radius 2 is 2.11 bits per heavy atom. The van der Waals surface area contributed by atoms with Crippen LogP contribution in [0, 0.1) is 5.92 Å². The van der Waals surface area contributed by atoms with Crippen LogP contribution in [0.2, 0.25) is 0 Å². The molecule has 0 amide bonds. The van der Waals surface area contributed by atoms with Crippen LogP contribution in [0.3, 0.4) is 0 Å². The highest BCUT2D eigenvalue weighted by atomic mass is 79.9. The molecule has 0 aliphatic carbocycles. The first-order chi connectivity index (χ1) is 9.13. The van der Waals surface area contributed by atoms with Crippen LogP contribution in [0.4, 0.5) is 0 Å². The summed E-state index contributed by atoms with van der Waals surface area (Å²) in [7, 11) is 0. The Bertz CT molecular complexity index is 683. The van der Waals surface area contributed by atoms with Gasteiger partial charge in [0.25, 0.3) is 0 Å². The molecule has 0 N–H and O–H groups in total. The van der Waals surface area contributed by atoms with Gasteiger partial charge in [0.05, 0.1) is 11.9 Å². The Balaban J connectivity index is 1.99. The first kappa shape index (κ1) is 12.8. The van der Waals surface area contributed by atoms with Crippen LogP contribution in [-0.2, 0) is 6.42 Å². The van der Waals surface area contributed by atoms with E-state index in [1.807, 2.05) is 28.9 Å². The molecule has 0 unspecified atom stereocenters. The molecule has 19 heavy (non-hydrogen) atoms. The monoisotopic (exact) mass is 335 g/mol. The lowest BCUT2D eigenvalue weighted by molar-refractivity contribution is 0.637. The molecule has 2 aromatic heterocycles. The van der Waals surface area contributed by atoms with E-state index in [0.29, 0.717) is 5.92 Å². The molecule has 3 rings (SSSR count). The van der Waals surface area contributed by atoms with Gasteiger partial charge in [-0.15, -0.1) is 0 Å². The van der Waals surface area contributed by atoms with Crippen molar-refractivity contribution in [3.63, 3.8) is 0 Å². The number of benzene rings is 1. The Morgan fingerprint density at radius 1 is 1.32 bits per heavy atom. The summed E-state index contributed by atoms with van der Waals surface area (Å²) in [6.07, 6.45) is 3.01. The molecule has 3 aromatic rings. The minimum absolute atomic E-state index is 0.624. The number of rotatable bonds is 3. The van der Waals surface area contributed by atoms with Crippen molar-refractivity contribution in [1.82, 2.24) is 14.6 Å². The Labute approximate surface area is 124 Å². The third kappa shape index (κ3) is 2.58. The number of imidazole rings is 1. The molecular weight excluding hydrogens is 322 g/mol. The largest absolute Gasteiger partial charge is 0.217 e. The molecule has 1 aromatic carbocycles. The molecule has 0 radical (unpaired) electrons. The topological polar surface area (TPSA) is 30.2 Å². The van der Waals surface area contributed by atoms with Crippen molar-refractivity contribution in [2.75, 3.05) is 0 Å². The third-order valence-electron chi connectivity index (χ3n) is 2.82. The predicted molar refractivity (Wildman–Crippen MR) is 82.5 cm³/mol. The lowest BCUT2D eigenvalue weighted by Gasteiger charge is -1.99. The number of aromatic nitrogens is 3. The summed E-state index contributed by atoms with van der Waals surface area (Å²) in [6.45, 7) is 4.41. The van der Waals surface area contributed by atoms with E-state index in [9.17, 15) is 0 Å². The summed E-state index contributed by atoms with van der Waals surface area (Å²) < 4.78 is 2.94. The third-order valence-corrected chi connectivity index (χ3v) is 4.45. The van der Waals surface area contributed by atoms with Gasteiger partial charge in [0.2, 0.25) is 4.96 Å². The van der Waals surface area contributed by atoms with Gasteiger partial charge in [-0.2, -0.15) is 5.10 Å². The predicted octanol–water partition coefficient (Wildman–Crippen LogP) is 4.42. The summed E-state index contributed by atoms with van der Waals surface area (Å²) in [5.74, 6) is 0.624. The number of fused-ring (bicyclic) bond motifs is 1. The molecule has 0 saturated heterocycles. The van der Waals surface area contributed by atoms with E-state index < -0.39 is 0 Å². The number of hydrogen-bond acceptors (Lipinski definition) is 3. The second-order valence-electron chi connectivity index (χ2n) is 4.93. The Hall–Kier alpha value is -1.20. The van der Waals surface area contributed by atoms with Crippen molar-refractivity contribution < 1.29 is 0 Å². The van der Waals surface area contributed by atoms with E-state index in [0.717, 1.165) is 32.1 Å². The van der Waals surface area contributed by atoms with Crippen molar-refractivity contribution in [1.29, 1.82) is 0 Å². The Morgan fingerprint density at radius 3 is 2.79 bits per heavy atom. The van der Waals surface area contributed by atoms with Crippen LogP contribution < -0.4 is 0 Å². The van der Waals surface area contributed by atoms with E-state index in [-0.39, 0.29) is 0 Å². The standard InChI is InChI=1S/C14H14BrN3S/c1-9(2)7-13-17-18-8-12(16-14(18)19-13)10-5-3-4-6-11(10)15/h3-6,8-9H,7H2,1-2H3. The lowest BCUT2D eigenvalue weighted by atomic mass is 10.1. The molecular formula is C14H14BrN3S. The maximum atomic E-state index is 4.66. The minimum Gasteiger partial charge on any atom is -0.217 e. The minimum atomic E-state index is 0.624. The number of hydrogen-bond donors (Lipinski definition) is 0.